The summed E-state index contributed by atoms with van der Waals surface area (Å²) in [5.74, 6) is 0.425. The van der Waals surface area contributed by atoms with E-state index in [1.165, 1.54) is 11.9 Å². The molecular weight excluding hydrogens is 484 g/mol. The van der Waals surface area contributed by atoms with Crippen molar-refractivity contribution in [2.45, 2.75) is 36.3 Å². The molecule has 13 heteroatoms. The van der Waals surface area contributed by atoms with Crippen LogP contribution in [0, 0.1) is 0 Å². The third kappa shape index (κ3) is 4.52. The molecular formula is C21H23F2N7O2S2. The van der Waals surface area contributed by atoms with Gasteiger partial charge in [-0.15, -0.1) is 10.2 Å². The summed E-state index contributed by atoms with van der Waals surface area (Å²) in [6.45, 7) is 1.07. The van der Waals surface area contributed by atoms with Gasteiger partial charge in [0.05, 0.1) is 11.7 Å². The van der Waals surface area contributed by atoms with Gasteiger partial charge in [0.1, 0.15) is 5.72 Å². The van der Waals surface area contributed by atoms with E-state index in [1.54, 1.807) is 30.1 Å². The fourth-order valence-corrected chi connectivity index (χ4v) is 5.24. The molecule has 1 fully saturated rings. The number of nitrogens with one attached hydrogen (secondary N) is 1. The molecule has 2 amide bonds. The molecule has 9 nitrogen and oxygen atoms in total. The first-order chi connectivity index (χ1) is 16.2. The van der Waals surface area contributed by atoms with Crippen LogP contribution in [0.2, 0.25) is 0 Å². The lowest BCUT2D eigenvalue weighted by Crippen LogP contribution is -2.41. The molecule has 4 heterocycles. The maximum absolute atomic E-state index is 13.1. The molecule has 3 aromatic rings. The summed E-state index contributed by atoms with van der Waals surface area (Å²) >= 11 is 2.12. The monoisotopic (exact) mass is 507 g/mol. The zero-order valence-corrected chi connectivity index (χ0v) is 20.2. The van der Waals surface area contributed by atoms with Gasteiger partial charge in [0.15, 0.2) is 15.8 Å². The maximum Gasteiger partial charge on any atom is 0.319 e. The molecule has 5 rings (SSSR count). The zero-order chi connectivity index (χ0) is 24.0. The molecule has 1 aliphatic heterocycles. The number of amides is 2. The second kappa shape index (κ2) is 8.87. The van der Waals surface area contributed by atoms with Crippen molar-refractivity contribution in [1.82, 2.24) is 34.1 Å². The van der Waals surface area contributed by atoms with E-state index in [0.717, 1.165) is 32.9 Å². The van der Waals surface area contributed by atoms with Crippen LogP contribution in [0.1, 0.15) is 36.3 Å². The molecule has 1 aliphatic carbocycles. The van der Waals surface area contributed by atoms with Gasteiger partial charge < -0.3 is 14.9 Å². The number of carbonyl (C=O) groups is 1. The Morgan fingerprint density at radius 2 is 2.15 bits per heavy atom. The van der Waals surface area contributed by atoms with Crippen molar-refractivity contribution in [3.05, 3.63) is 35.1 Å². The van der Waals surface area contributed by atoms with Gasteiger partial charge in [-0.1, -0.05) is 17.4 Å². The van der Waals surface area contributed by atoms with Crippen LogP contribution in [0.3, 0.4) is 0 Å². The number of urea groups is 1. The average Bonchev–Trinajstić information content (AvgIpc) is 3.20. The number of alkyl halides is 2. The SMILES string of the molecule is CN(C)C(=O)N1CC=C(c2cc(SNC3(O)CC3)cn3c(-c4nnc(C(F)F)s4)ncc23)CC1. The maximum atomic E-state index is 13.1. The highest BCUT2D eigenvalue weighted by Crippen LogP contribution is 2.38. The summed E-state index contributed by atoms with van der Waals surface area (Å²) in [6, 6.07) is 1.98. The molecule has 2 N–H and O–H groups in total. The highest BCUT2D eigenvalue weighted by molar-refractivity contribution is 7.97. The fraction of sp³-hybridized carbons (Fsp3) is 0.429. The number of imidazole rings is 1. The summed E-state index contributed by atoms with van der Waals surface area (Å²) in [4.78, 5) is 20.9. The predicted molar refractivity (Wildman–Crippen MR) is 125 cm³/mol. The largest absolute Gasteiger partial charge is 0.375 e. The molecule has 2 aliphatic rings. The Labute approximate surface area is 202 Å². The Hall–Kier alpha value is -2.61. The summed E-state index contributed by atoms with van der Waals surface area (Å²) < 4.78 is 31.0. The summed E-state index contributed by atoms with van der Waals surface area (Å²) in [7, 11) is 3.46. The molecule has 0 atom stereocenters. The number of pyridine rings is 1. The van der Waals surface area contributed by atoms with Crippen LogP contribution in [0.15, 0.2) is 29.4 Å². The van der Waals surface area contributed by atoms with E-state index in [0.29, 0.717) is 43.2 Å². The van der Waals surface area contributed by atoms with Crippen molar-refractivity contribution < 1.29 is 18.7 Å². The quantitative estimate of drug-likeness (QED) is 0.388. The van der Waals surface area contributed by atoms with E-state index in [1.807, 2.05) is 22.7 Å². The molecule has 0 spiro atoms. The van der Waals surface area contributed by atoms with Gasteiger partial charge in [-0.3, -0.25) is 4.40 Å². The lowest BCUT2D eigenvalue weighted by Gasteiger charge is -2.29. The number of fused-ring (bicyclic) bond motifs is 1. The third-order valence-electron chi connectivity index (χ3n) is 5.72. The van der Waals surface area contributed by atoms with Crippen LogP contribution in [0.25, 0.3) is 21.9 Å². The van der Waals surface area contributed by atoms with Crippen molar-refractivity contribution in [2.24, 2.45) is 0 Å². The Bertz CT molecular complexity index is 1270. The summed E-state index contributed by atoms with van der Waals surface area (Å²) in [6.07, 6.45) is 4.92. The zero-order valence-electron chi connectivity index (χ0n) is 18.5. The first kappa shape index (κ1) is 23.1. The second-order valence-electron chi connectivity index (χ2n) is 8.51. The van der Waals surface area contributed by atoms with Gasteiger partial charge >= 0.3 is 6.03 Å². The molecule has 34 heavy (non-hydrogen) atoms. The number of aromatic nitrogens is 4. The van der Waals surface area contributed by atoms with Gasteiger partial charge in [-0.25, -0.2) is 23.3 Å². The average molecular weight is 508 g/mol. The highest BCUT2D eigenvalue weighted by Gasteiger charge is 2.40. The van der Waals surface area contributed by atoms with E-state index < -0.39 is 12.2 Å². The molecule has 1 saturated carbocycles. The molecule has 0 bridgehead atoms. The minimum absolute atomic E-state index is 0.0376. The number of aliphatic hydroxyl groups is 1. The lowest BCUT2D eigenvalue weighted by molar-refractivity contribution is 0.142. The van der Waals surface area contributed by atoms with Crippen LogP contribution < -0.4 is 4.72 Å². The number of halogens is 2. The van der Waals surface area contributed by atoms with Gasteiger partial charge in [0, 0.05) is 43.8 Å². The lowest BCUT2D eigenvalue weighted by atomic mass is 9.99. The Kier molecular flexibility index (Phi) is 6.04. The summed E-state index contributed by atoms with van der Waals surface area (Å²) in [5.41, 5.74) is 1.94. The van der Waals surface area contributed by atoms with E-state index in [4.69, 9.17) is 0 Å². The summed E-state index contributed by atoms with van der Waals surface area (Å²) in [5, 5.41) is 17.7. The van der Waals surface area contributed by atoms with Crippen LogP contribution in [-0.2, 0) is 0 Å². The standard InChI is InChI=1S/C21H23F2N7O2S2/c1-28(2)20(31)29-7-3-12(4-8-29)14-9-13(34-27-21(32)5-6-21)11-30-15(14)10-24-17(30)19-26-25-18(33-19)16(22)23/h3,9-11,16,27,32H,4-8H2,1-2H3. The van der Waals surface area contributed by atoms with Crippen molar-refractivity contribution in [1.29, 1.82) is 0 Å². The van der Waals surface area contributed by atoms with E-state index in [2.05, 4.69) is 19.9 Å². The first-order valence-corrected chi connectivity index (χ1v) is 12.3. The third-order valence-corrected chi connectivity index (χ3v) is 7.59. The molecule has 0 radical (unpaired) electrons. The Balaban J connectivity index is 1.53. The Morgan fingerprint density at radius 1 is 1.35 bits per heavy atom. The van der Waals surface area contributed by atoms with Gasteiger partial charge in [0.2, 0.25) is 0 Å². The molecule has 0 aromatic carbocycles. The topological polar surface area (TPSA) is 98.9 Å². The number of hydrogen-bond donors (Lipinski definition) is 2. The van der Waals surface area contributed by atoms with Crippen molar-refractivity contribution in [3.8, 4) is 10.8 Å². The van der Waals surface area contributed by atoms with Crippen molar-refractivity contribution in [2.75, 3.05) is 27.2 Å². The number of nitrogens with zero attached hydrogens (tertiary/aromatic N) is 6. The normalized spacial score (nSPS) is 17.4. The van der Waals surface area contributed by atoms with Crippen LogP contribution in [0.4, 0.5) is 13.6 Å². The minimum atomic E-state index is -2.69. The van der Waals surface area contributed by atoms with E-state index in [-0.39, 0.29) is 11.0 Å². The van der Waals surface area contributed by atoms with Crippen LogP contribution in [-0.4, -0.2) is 73.4 Å². The number of hydrogen-bond acceptors (Lipinski definition) is 8. The van der Waals surface area contributed by atoms with Crippen molar-refractivity contribution in [3.63, 3.8) is 0 Å². The molecule has 180 valence electrons. The smallest absolute Gasteiger partial charge is 0.319 e. The minimum Gasteiger partial charge on any atom is -0.375 e. The fourth-order valence-electron chi connectivity index (χ4n) is 3.70. The van der Waals surface area contributed by atoms with Gasteiger partial charge in [-0.05, 0) is 42.8 Å². The first-order valence-electron chi connectivity index (χ1n) is 10.7. The second-order valence-corrected chi connectivity index (χ2v) is 10.4. The predicted octanol–water partition coefficient (Wildman–Crippen LogP) is 3.64. The number of carbonyl (C=O) groups excluding carboxylic acids is 1. The van der Waals surface area contributed by atoms with Gasteiger partial charge in [0.25, 0.3) is 6.43 Å². The Morgan fingerprint density at radius 3 is 2.76 bits per heavy atom. The van der Waals surface area contributed by atoms with Crippen molar-refractivity contribution >= 4 is 40.4 Å². The van der Waals surface area contributed by atoms with E-state index in [9.17, 15) is 18.7 Å². The van der Waals surface area contributed by atoms with Gasteiger partial charge in [-0.2, -0.15) is 0 Å². The van der Waals surface area contributed by atoms with E-state index >= 15 is 0 Å². The van der Waals surface area contributed by atoms with Crippen LogP contribution >= 0.6 is 23.3 Å². The highest BCUT2D eigenvalue weighted by atomic mass is 32.2. The molecule has 3 aromatic heterocycles. The van der Waals surface area contributed by atoms with Crippen LogP contribution in [0.5, 0.6) is 0 Å². The number of rotatable bonds is 6. The molecule has 0 saturated heterocycles. The molecule has 0 unspecified atom stereocenters.